The summed E-state index contributed by atoms with van der Waals surface area (Å²) in [5, 5.41) is 16.3. The molecule has 1 aliphatic carbocycles. The van der Waals surface area contributed by atoms with Crippen molar-refractivity contribution in [3.05, 3.63) is 53.6 Å². The molecule has 5 N–H and O–H groups in total. The number of nitrogens with one attached hydrogen (secondary N) is 2. The van der Waals surface area contributed by atoms with E-state index in [1.165, 1.54) is 7.11 Å². The van der Waals surface area contributed by atoms with E-state index in [1.54, 1.807) is 38.4 Å². The summed E-state index contributed by atoms with van der Waals surface area (Å²) in [4.78, 5) is 16.6. The summed E-state index contributed by atoms with van der Waals surface area (Å²) in [7, 11) is 6.80. The number of carbonyl (C=O) groups is 1. The fourth-order valence-corrected chi connectivity index (χ4v) is 6.26. The van der Waals surface area contributed by atoms with Gasteiger partial charge in [0.05, 0.1) is 12.8 Å². The van der Waals surface area contributed by atoms with Crippen LogP contribution in [0.25, 0.3) is 0 Å². The van der Waals surface area contributed by atoms with E-state index in [0.717, 1.165) is 36.8 Å². The van der Waals surface area contributed by atoms with Gasteiger partial charge < -0.3 is 40.4 Å². The van der Waals surface area contributed by atoms with Crippen LogP contribution >= 0.6 is 0 Å². The van der Waals surface area contributed by atoms with Gasteiger partial charge in [0.15, 0.2) is 29.0 Å². The van der Waals surface area contributed by atoms with Crippen LogP contribution in [-0.2, 0) is 22.4 Å². The predicted molar refractivity (Wildman–Crippen MR) is 176 cm³/mol. The topological polar surface area (TPSA) is 137 Å². The largest absolute Gasteiger partial charge is 0.504 e. The molecule has 2 aromatic carbocycles. The quantitative estimate of drug-likeness (QED) is 0.104. The number of anilines is 1. The maximum absolute atomic E-state index is 12.6. The number of hydrogen-bond acceptors (Lipinski definition) is 8. The predicted octanol–water partition coefficient (Wildman–Crippen LogP) is 4.59. The number of aromatic hydroxyl groups is 1. The lowest BCUT2D eigenvalue weighted by molar-refractivity contribution is -0.114. The Labute approximate surface area is 266 Å². The number of likely N-dealkylation sites (N-methyl/N-ethyl adjacent to an activating group) is 1. The molecule has 10 nitrogen and oxygen atoms in total. The first-order valence-electron chi connectivity index (χ1n) is 15.5. The number of benzene rings is 2. The third-order valence-electron chi connectivity index (χ3n) is 8.47. The van der Waals surface area contributed by atoms with Crippen LogP contribution in [-0.4, -0.2) is 63.9 Å². The first-order valence-corrected chi connectivity index (χ1v) is 15.5. The summed E-state index contributed by atoms with van der Waals surface area (Å²) in [6.07, 6.45) is 12.1. The number of nitrogens with zero attached hydrogens (tertiary/aromatic N) is 1. The molecule has 0 unspecified atom stereocenters. The Hall–Kier alpha value is -4.20. The number of guanidine groups is 1. The second-order valence-electron chi connectivity index (χ2n) is 11.7. The summed E-state index contributed by atoms with van der Waals surface area (Å²) in [6.45, 7) is 1.39. The van der Waals surface area contributed by atoms with E-state index in [4.69, 9.17) is 24.7 Å². The molecule has 242 valence electrons. The van der Waals surface area contributed by atoms with Crippen LogP contribution in [0.5, 0.6) is 23.0 Å². The lowest BCUT2D eigenvalue weighted by Crippen LogP contribution is -2.43. The Morgan fingerprint density at radius 1 is 1.22 bits per heavy atom. The van der Waals surface area contributed by atoms with Crippen molar-refractivity contribution in [1.29, 1.82) is 0 Å². The maximum atomic E-state index is 12.6. The summed E-state index contributed by atoms with van der Waals surface area (Å²) in [6, 6.07) is 9.10. The van der Waals surface area contributed by atoms with Gasteiger partial charge in [-0.15, -0.1) is 0 Å². The number of nitrogens with two attached hydrogens (primary N) is 1. The number of aryl methyl sites for hydroxylation is 2. The second kappa shape index (κ2) is 16.2. The zero-order valence-corrected chi connectivity index (χ0v) is 26.8. The standard InChI is InChI=1S/C35H46N4O6/c1-37-23-35-21-26(27(22-35)15-17-42-3)9-7-16-44-33-29(39-34(36)38-2)18-25(20-32(33)45-35)8-5-6-10-28(40)13-11-24-12-14-30(41)31(19-24)43-4/h6,10,12,14,18-20,26-27,37,41H,5,8-9,11,13,15,17,21-23H2,1-4H3,(H3,36,38,39)/t26-,27+,35+/m0/s1. The van der Waals surface area contributed by atoms with Crippen LogP contribution in [0, 0.1) is 23.9 Å². The van der Waals surface area contributed by atoms with Crippen molar-refractivity contribution in [1.82, 2.24) is 5.32 Å². The van der Waals surface area contributed by atoms with Gasteiger partial charge in [-0.05, 0) is 98.9 Å². The number of phenols is 1. The van der Waals surface area contributed by atoms with Crippen molar-refractivity contribution in [3.63, 3.8) is 0 Å². The van der Waals surface area contributed by atoms with Crippen LogP contribution in [0.15, 0.2) is 47.5 Å². The van der Waals surface area contributed by atoms with Crippen molar-refractivity contribution < 1.29 is 28.8 Å². The number of fused-ring (bicyclic) bond motifs is 3. The minimum Gasteiger partial charge on any atom is -0.504 e. The summed E-state index contributed by atoms with van der Waals surface area (Å²) < 4.78 is 23.5. The molecule has 1 fully saturated rings. The molecule has 45 heavy (non-hydrogen) atoms. The van der Waals surface area contributed by atoms with Gasteiger partial charge in [-0.2, -0.15) is 0 Å². The first kappa shape index (κ1) is 33.7. The van der Waals surface area contributed by atoms with Gasteiger partial charge in [-0.1, -0.05) is 18.1 Å². The lowest BCUT2D eigenvalue weighted by Gasteiger charge is -2.32. The van der Waals surface area contributed by atoms with E-state index < -0.39 is 5.60 Å². The summed E-state index contributed by atoms with van der Waals surface area (Å²) in [5.74, 6) is 5.88. The molecule has 1 aliphatic heterocycles. The third-order valence-corrected chi connectivity index (χ3v) is 8.47. The van der Waals surface area contributed by atoms with Crippen molar-refractivity contribution in [2.45, 2.75) is 57.0 Å². The maximum Gasteiger partial charge on any atom is 0.205 e. The van der Waals surface area contributed by atoms with Crippen LogP contribution in [0.1, 0.15) is 49.7 Å². The van der Waals surface area contributed by atoms with Gasteiger partial charge in [0, 0.05) is 40.2 Å². The van der Waals surface area contributed by atoms with Gasteiger partial charge >= 0.3 is 0 Å². The highest BCUT2D eigenvalue weighted by Crippen LogP contribution is 2.48. The molecular formula is C35H46N4O6. The molecular weight excluding hydrogens is 572 g/mol. The monoisotopic (exact) mass is 618 g/mol. The number of methoxy groups -OCH3 is 2. The number of carbonyl (C=O) groups excluding carboxylic acids is 1. The Balaban J connectivity index is 1.52. The highest BCUT2D eigenvalue weighted by atomic mass is 16.5. The third kappa shape index (κ3) is 9.16. The molecule has 0 aromatic heterocycles. The van der Waals surface area contributed by atoms with E-state index in [-0.39, 0.29) is 17.5 Å². The number of rotatable bonds is 14. The van der Waals surface area contributed by atoms with Crippen molar-refractivity contribution in [3.8, 4) is 35.0 Å². The van der Waals surface area contributed by atoms with Crippen molar-refractivity contribution >= 4 is 17.4 Å². The Morgan fingerprint density at radius 2 is 2.07 bits per heavy atom. The van der Waals surface area contributed by atoms with E-state index in [2.05, 4.69) is 27.7 Å². The minimum absolute atomic E-state index is 0.0324. The molecule has 0 amide bonds. The molecule has 4 rings (SSSR count). The molecule has 2 aliphatic rings. The average molecular weight is 619 g/mol. The smallest absolute Gasteiger partial charge is 0.205 e. The first-order chi connectivity index (χ1) is 21.8. The summed E-state index contributed by atoms with van der Waals surface area (Å²) in [5.41, 5.74) is 8.19. The van der Waals surface area contributed by atoms with Gasteiger partial charge in [0.1, 0.15) is 11.7 Å². The molecule has 0 saturated heterocycles. The second-order valence-corrected chi connectivity index (χ2v) is 11.7. The number of ketones is 1. The SMILES string of the molecule is CN=C(N)Nc1cc(CCC=CC(=O)CCc2ccc(O)c(OC)c2)cc2c1OC#CC[C@H]1C[C@](CNC)(C[C@H]1CCOC)O2. The normalized spacial score (nSPS) is 20.8. The molecule has 0 radical (unpaired) electrons. The molecule has 0 spiro atoms. The van der Waals surface area contributed by atoms with Crippen LogP contribution in [0.4, 0.5) is 5.69 Å². The number of allylic oxidation sites excluding steroid dienone is 2. The van der Waals surface area contributed by atoms with Gasteiger partial charge in [0.25, 0.3) is 0 Å². The summed E-state index contributed by atoms with van der Waals surface area (Å²) >= 11 is 0. The van der Waals surface area contributed by atoms with Crippen molar-refractivity contribution in [2.75, 3.05) is 46.8 Å². The van der Waals surface area contributed by atoms with Gasteiger partial charge in [0.2, 0.25) is 5.75 Å². The van der Waals surface area contributed by atoms with E-state index in [0.29, 0.717) is 73.6 Å². The van der Waals surface area contributed by atoms with Crippen LogP contribution in [0.2, 0.25) is 0 Å². The Bertz CT molecular complexity index is 1450. The average Bonchev–Trinajstić information content (AvgIpc) is 3.36. The highest BCUT2D eigenvalue weighted by molar-refractivity contribution is 5.94. The Kier molecular flexibility index (Phi) is 12.1. The number of ether oxygens (including phenoxy) is 4. The lowest BCUT2D eigenvalue weighted by atomic mass is 9.91. The molecule has 2 aromatic rings. The van der Waals surface area contributed by atoms with Crippen LogP contribution in [0.3, 0.4) is 0 Å². The van der Waals surface area contributed by atoms with Gasteiger partial charge in [-0.3, -0.25) is 9.79 Å². The highest BCUT2D eigenvalue weighted by Gasteiger charge is 2.47. The molecule has 1 heterocycles. The zero-order chi connectivity index (χ0) is 32.2. The number of hydrogen-bond donors (Lipinski definition) is 4. The van der Waals surface area contributed by atoms with E-state index in [9.17, 15) is 9.90 Å². The number of aliphatic imine (C=N–C) groups is 1. The van der Waals surface area contributed by atoms with E-state index in [1.807, 2.05) is 25.3 Å². The molecule has 3 atom stereocenters. The molecule has 2 bridgehead atoms. The zero-order valence-electron chi connectivity index (χ0n) is 26.8. The minimum atomic E-state index is -0.428. The van der Waals surface area contributed by atoms with Crippen molar-refractivity contribution in [2.24, 2.45) is 22.6 Å². The molecule has 10 heteroatoms. The fraction of sp³-hybridized carbons (Fsp3) is 0.486. The van der Waals surface area contributed by atoms with Crippen LogP contribution < -0.4 is 30.6 Å². The fourth-order valence-electron chi connectivity index (χ4n) is 6.26. The van der Waals surface area contributed by atoms with Gasteiger partial charge in [-0.25, -0.2) is 0 Å². The molecule has 1 saturated carbocycles. The van der Waals surface area contributed by atoms with E-state index >= 15 is 0 Å². The number of phenolic OH excluding ortho intramolecular Hbond substituents is 1. The Morgan fingerprint density at radius 3 is 2.82 bits per heavy atom.